The molecule has 156 valence electrons. The van der Waals surface area contributed by atoms with E-state index in [2.05, 4.69) is 27.0 Å². The molecule has 7 nitrogen and oxygen atoms in total. The third-order valence-corrected chi connectivity index (χ3v) is 6.93. The Labute approximate surface area is 168 Å². The number of anilines is 2. The van der Waals surface area contributed by atoms with Crippen LogP contribution in [0.25, 0.3) is 0 Å². The van der Waals surface area contributed by atoms with Crippen molar-refractivity contribution in [3.05, 3.63) is 12.3 Å². The minimum Gasteiger partial charge on any atom is -0.384 e. The fraction of sp³-hybridized carbons (Fsp3) is 0.810. The number of aromatic nitrogens is 2. The Morgan fingerprint density at radius 3 is 2.93 bits per heavy atom. The molecule has 28 heavy (non-hydrogen) atoms. The summed E-state index contributed by atoms with van der Waals surface area (Å²) in [6.45, 7) is 9.77. The lowest BCUT2D eigenvalue weighted by atomic mass is 9.62. The molecule has 3 heterocycles. The number of morpholine rings is 1. The molecule has 2 aliphatic heterocycles. The molecule has 1 saturated carbocycles. The average Bonchev–Trinajstić information content (AvgIpc) is 2.74. The highest BCUT2D eigenvalue weighted by molar-refractivity contribution is 5.42. The lowest BCUT2D eigenvalue weighted by Gasteiger charge is -2.54. The fourth-order valence-corrected chi connectivity index (χ4v) is 5.51. The normalized spacial score (nSPS) is 31.4. The number of nitrogens with zero attached hydrogens (tertiary/aromatic N) is 4. The first-order chi connectivity index (χ1) is 13.7. The van der Waals surface area contributed by atoms with Gasteiger partial charge < -0.3 is 19.7 Å². The molecule has 2 unspecified atom stereocenters. The van der Waals surface area contributed by atoms with Crippen molar-refractivity contribution >= 4 is 11.8 Å². The number of ether oxygens (including phenoxy) is 2. The van der Waals surface area contributed by atoms with E-state index >= 15 is 0 Å². The van der Waals surface area contributed by atoms with E-state index in [1.165, 1.54) is 25.7 Å². The van der Waals surface area contributed by atoms with Crippen molar-refractivity contribution in [1.82, 2.24) is 14.9 Å². The molecule has 7 heteroatoms. The Morgan fingerprint density at radius 2 is 2.14 bits per heavy atom. The van der Waals surface area contributed by atoms with E-state index < -0.39 is 0 Å². The van der Waals surface area contributed by atoms with Gasteiger partial charge in [0, 0.05) is 57.5 Å². The van der Waals surface area contributed by atoms with Gasteiger partial charge in [0.25, 0.3) is 0 Å². The Hall–Kier alpha value is -1.44. The van der Waals surface area contributed by atoms with Crippen LogP contribution in [0, 0.1) is 11.3 Å². The summed E-state index contributed by atoms with van der Waals surface area (Å²) in [5, 5.41) is 3.30. The first-order valence-corrected chi connectivity index (χ1v) is 10.9. The summed E-state index contributed by atoms with van der Waals surface area (Å²) in [5.41, 5.74) is 0.216. The number of hydrogen-bond donors (Lipinski definition) is 1. The van der Waals surface area contributed by atoms with Gasteiger partial charge in [0.1, 0.15) is 5.82 Å². The predicted molar refractivity (Wildman–Crippen MR) is 111 cm³/mol. The first kappa shape index (κ1) is 19.9. The van der Waals surface area contributed by atoms with Crippen LogP contribution in [0.3, 0.4) is 0 Å². The molecule has 3 atom stereocenters. The average molecular weight is 390 g/mol. The summed E-state index contributed by atoms with van der Waals surface area (Å²) in [5.74, 6) is 2.47. The molecule has 3 fully saturated rings. The van der Waals surface area contributed by atoms with E-state index in [1.807, 2.05) is 19.4 Å². The van der Waals surface area contributed by atoms with Crippen LogP contribution in [0.1, 0.15) is 32.6 Å². The third-order valence-electron chi connectivity index (χ3n) is 6.93. The number of fused-ring (bicyclic) bond motifs is 1. The molecular formula is C21H35N5O2. The standard InChI is InChI=1S/C21H35N5O2/c1-3-22-19-5-8-23-20(24-19)26-9-6-17-14-18(25-10-12-28-13-11-25)4-7-21(17,15-26)16-27-2/h5,8,17-18H,3-4,6-7,9-16H2,1-2H3,(H,22,23,24)/t17?,18?,21-/m0/s1. The molecule has 0 bridgehead atoms. The first-order valence-electron chi connectivity index (χ1n) is 10.9. The number of nitrogens with one attached hydrogen (secondary N) is 1. The lowest BCUT2D eigenvalue weighted by molar-refractivity contribution is -0.0541. The summed E-state index contributed by atoms with van der Waals surface area (Å²) in [7, 11) is 1.85. The van der Waals surface area contributed by atoms with Gasteiger partial charge in [-0.2, -0.15) is 4.98 Å². The van der Waals surface area contributed by atoms with Crippen LogP contribution in [0.4, 0.5) is 11.8 Å². The van der Waals surface area contributed by atoms with Crippen molar-refractivity contribution in [2.24, 2.45) is 11.3 Å². The molecule has 4 rings (SSSR count). The Balaban J connectivity index is 1.47. The predicted octanol–water partition coefficient (Wildman–Crippen LogP) is 2.25. The number of piperidine rings is 1. The molecule has 1 aromatic heterocycles. The smallest absolute Gasteiger partial charge is 0.227 e. The second-order valence-electron chi connectivity index (χ2n) is 8.55. The van der Waals surface area contributed by atoms with Crippen molar-refractivity contribution in [3.63, 3.8) is 0 Å². The summed E-state index contributed by atoms with van der Waals surface area (Å²) < 4.78 is 11.3. The maximum absolute atomic E-state index is 5.76. The third kappa shape index (κ3) is 4.11. The molecular weight excluding hydrogens is 354 g/mol. The topological polar surface area (TPSA) is 62.8 Å². The van der Waals surface area contributed by atoms with E-state index in [-0.39, 0.29) is 5.41 Å². The van der Waals surface area contributed by atoms with Crippen LogP contribution < -0.4 is 10.2 Å². The SMILES string of the molecule is CCNc1ccnc(N2CCC3CC(N4CCOCC4)CC[C@@]3(COC)C2)n1. The molecule has 0 spiro atoms. The summed E-state index contributed by atoms with van der Waals surface area (Å²) >= 11 is 0. The van der Waals surface area contributed by atoms with Crippen molar-refractivity contribution in [1.29, 1.82) is 0 Å². The van der Waals surface area contributed by atoms with Gasteiger partial charge in [-0.25, -0.2) is 4.98 Å². The van der Waals surface area contributed by atoms with E-state index in [9.17, 15) is 0 Å². The second-order valence-corrected chi connectivity index (χ2v) is 8.55. The maximum Gasteiger partial charge on any atom is 0.227 e. The highest BCUT2D eigenvalue weighted by Gasteiger charge is 2.48. The molecule has 1 aliphatic carbocycles. The van der Waals surface area contributed by atoms with Crippen LogP contribution in [0.5, 0.6) is 0 Å². The number of hydrogen-bond acceptors (Lipinski definition) is 7. The molecule has 1 N–H and O–H groups in total. The van der Waals surface area contributed by atoms with Gasteiger partial charge >= 0.3 is 0 Å². The molecule has 0 radical (unpaired) electrons. The number of rotatable bonds is 6. The fourth-order valence-electron chi connectivity index (χ4n) is 5.51. The van der Waals surface area contributed by atoms with Crippen molar-refractivity contribution in [2.45, 2.75) is 38.6 Å². The summed E-state index contributed by atoms with van der Waals surface area (Å²) in [6, 6.07) is 2.65. The van der Waals surface area contributed by atoms with E-state index in [0.29, 0.717) is 12.0 Å². The van der Waals surface area contributed by atoms with Crippen LogP contribution in [-0.2, 0) is 9.47 Å². The monoisotopic (exact) mass is 389 g/mol. The van der Waals surface area contributed by atoms with Crippen LogP contribution in [-0.4, -0.2) is 80.6 Å². The maximum atomic E-state index is 5.76. The zero-order valence-corrected chi connectivity index (χ0v) is 17.4. The second kappa shape index (κ2) is 8.93. The summed E-state index contributed by atoms with van der Waals surface area (Å²) in [4.78, 5) is 14.4. The van der Waals surface area contributed by atoms with Gasteiger partial charge in [0.05, 0.1) is 19.8 Å². The molecule has 0 aromatic carbocycles. The van der Waals surface area contributed by atoms with E-state index in [1.54, 1.807) is 0 Å². The Bertz CT molecular complexity index is 639. The number of methoxy groups -OCH3 is 1. The van der Waals surface area contributed by atoms with Crippen molar-refractivity contribution < 1.29 is 9.47 Å². The van der Waals surface area contributed by atoms with Crippen molar-refractivity contribution in [2.75, 3.05) is 69.9 Å². The van der Waals surface area contributed by atoms with Crippen LogP contribution in [0.15, 0.2) is 12.3 Å². The van der Waals surface area contributed by atoms with Gasteiger partial charge in [0.15, 0.2) is 0 Å². The van der Waals surface area contributed by atoms with Gasteiger partial charge in [-0.05, 0) is 44.6 Å². The zero-order chi connectivity index (χ0) is 19.4. The minimum atomic E-state index is 0.216. The minimum absolute atomic E-state index is 0.216. The Morgan fingerprint density at radius 1 is 1.29 bits per heavy atom. The lowest BCUT2D eigenvalue weighted by Crippen LogP contribution is -2.57. The van der Waals surface area contributed by atoms with Gasteiger partial charge in [0.2, 0.25) is 5.95 Å². The van der Waals surface area contributed by atoms with Crippen LogP contribution >= 0.6 is 0 Å². The largest absolute Gasteiger partial charge is 0.384 e. The molecule has 1 aromatic rings. The van der Waals surface area contributed by atoms with Gasteiger partial charge in [-0.3, -0.25) is 4.90 Å². The highest BCUT2D eigenvalue weighted by Crippen LogP contribution is 2.48. The van der Waals surface area contributed by atoms with Gasteiger partial charge in [-0.15, -0.1) is 0 Å². The molecule has 0 amide bonds. The molecule has 3 aliphatic rings. The van der Waals surface area contributed by atoms with E-state index in [4.69, 9.17) is 14.5 Å². The Kier molecular flexibility index (Phi) is 6.33. The van der Waals surface area contributed by atoms with Gasteiger partial charge in [-0.1, -0.05) is 0 Å². The quantitative estimate of drug-likeness (QED) is 0.801. The highest BCUT2D eigenvalue weighted by atomic mass is 16.5. The van der Waals surface area contributed by atoms with E-state index in [0.717, 1.165) is 64.3 Å². The van der Waals surface area contributed by atoms with Crippen LogP contribution in [0.2, 0.25) is 0 Å². The molecule has 2 saturated heterocycles. The summed E-state index contributed by atoms with van der Waals surface area (Å²) in [6.07, 6.45) is 6.82. The van der Waals surface area contributed by atoms with Crippen molar-refractivity contribution in [3.8, 4) is 0 Å². The zero-order valence-electron chi connectivity index (χ0n) is 17.4.